The zero-order chi connectivity index (χ0) is 5.98. The molecular weight excluding hydrogens is 126 g/mol. The van der Waals surface area contributed by atoms with Crippen LogP contribution in [0.1, 0.15) is 6.42 Å². The maximum Gasteiger partial charge on any atom is 0.115 e. The van der Waals surface area contributed by atoms with Gasteiger partial charge in [-0.15, -0.1) is 11.6 Å². The SMILES string of the molecule is O=N[C@H]1CC=C[C@H]1Cl. The van der Waals surface area contributed by atoms with Gasteiger partial charge >= 0.3 is 0 Å². The first-order chi connectivity index (χ1) is 3.84. The van der Waals surface area contributed by atoms with Gasteiger partial charge in [0.1, 0.15) is 6.04 Å². The lowest BCUT2D eigenvalue weighted by Gasteiger charge is -1.99. The van der Waals surface area contributed by atoms with Crippen LogP contribution in [-0.4, -0.2) is 11.4 Å². The van der Waals surface area contributed by atoms with Crippen molar-refractivity contribution in [2.75, 3.05) is 0 Å². The van der Waals surface area contributed by atoms with E-state index in [0.29, 0.717) is 6.42 Å². The Balaban J connectivity index is 2.50. The van der Waals surface area contributed by atoms with Crippen LogP contribution in [0.15, 0.2) is 17.3 Å². The molecule has 0 fully saturated rings. The molecule has 8 heavy (non-hydrogen) atoms. The first-order valence-electron chi connectivity index (χ1n) is 2.48. The second kappa shape index (κ2) is 2.27. The summed E-state index contributed by atoms with van der Waals surface area (Å²) in [6, 6.07) is -0.211. The third-order valence-corrected chi connectivity index (χ3v) is 1.64. The standard InChI is InChI=1S/C5H6ClNO/c6-4-2-1-3-5(4)7-8/h1-2,4-5H,3H2/t4-,5+/m1/s1. The van der Waals surface area contributed by atoms with Gasteiger partial charge in [-0.1, -0.05) is 17.3 Å². The second-order valence-corrected chi connectivity index (χ2v) is 2.28. The molecule has 1 rings (SSSR count). The van der Waals surface area contributed by atoms with Gasteiger partial charge < -0.3 is 0 Å². The highest BCUT2D eigenvalue weighted by Gasteiger charge is 2.20. The van der Waals surface area contributed by atoms with E-state index in [1.54, 1.807) is 6.08 Å². The van der Waals surface area contributed by atoms with E-state index in [4.69, 9.17) is 11.6 Å². The maximum atomic E-state index is 9.84. The summed E-state index contributed by atoms with van der Waals surface area (Å²) in [5, 5.41) is 2.66. The minimum Gasteiger partial charge on any atom is -0.150 e. The van der Waals surface area contributed by atoms with Gasteiger partial charge in [-0.3, -0.25) is 0 Å². The van der Waals surface area contributed by atoms with Crippen molar-refractivity contribution in [3.63, 3.8) is 0 Å². The van der Waals surface area contributed by atoms with Crippen molar-refractivity contribution in [3.8, 4) is 0 Å². The van der Waals surface area contributed by atoms with Crippen LogP contribution < -0.4 is 0 Å². The van der Waals surface area contributed by atoms with Crippen LogP contribution in [0.4, 0.5) is 0 Å². The lowest BCUT2D eigenvalue weighted by molar-refractivity contribution is 0.734. The summed E-state index contributed by atoms with van der Waals surface area (Å²) in [6.45, 7) is 0. The highest BCUT2D eigenvalue weighted by molar-refractivity contribution is 6.22. The molecule has 2 atom stereocenters. The van der Waals surface area contributed by atoms with Crippen molar-refractivity contribution in [1.82, 2.24) is 0 Å². The summed E-state index contributed by atoms with van der Waals surface area (Å²) in [5.41, 5.74) is 0. The summed E-state index contributed by atoms with van der Waals surface area (Å²) < 4.78 is 0. The van der Waals surface area contributed by atoms with E-state index in [0.717, 1.165) is 0 Å². The average Bonchev–Trinajstić information content (AvgIpc) is 2.14. The van der Waals surface area contributed by atoms with Crippen LogP contribution >= 0.6 is 11.6 Å². The largest absolute Gasteiger partial charge is 0.150 e. The van der Waals surface area contributed by atoms with Gasteiger partial charge in [0.2, 0.25) is 0 Å². The molecule has 0 unspecified atom stereocenters. The number of alkyl halides is 1. The number of halogens is 1. The lowest BCUT2D eigenvalue weighted by atomic mass is 10.2. The van der Waals surface area contributed by atoms with Gasteiger partial charge in [-0.25, -0.2) is 0 Å². The van der Waals surface area contributed by atoms with Crippen molar-refractivity contribution in [1.29, 1.82) is 0 Å². The molecule has 0 saturated carbocycles. The van der Waals surface area contributed by atoms with E-state index in [-0.39, 0.29) is 11.4 Å². The van der Waals surface area contributed by atoms with Crippen molar-refractivity contribution >= 4 is 11.6 Å². The predicted octanol–water partition coefficient (Wildman–Crippen LogP) is 1.69. The molecule has 0 heterocycles. The van der Waals surface area contributed by atoms with E-state index in [2.05, 4.69) is 5.18 Å². The Morgan fingerprint density at radius 2 is 2.50 bits per heavy atom. The molecule has 0 bridgehead atoms. The molecule has 3 heteroatoms. The number of hydrogen-bond acceptors (Lipinski definition) is 2. The Morgan fingerprint density at radius 3 is 2.75 bits per heavy atom. The van der Waals surface area contributed by atoms with Crippen LogP contribution in [0.2, 0.25) is 0 Å². The average molecular weight is 132 g/mol. The fraction of sp³-hybridized carbons (Fsp3) is 0.600. The molecule has 44 valence electrons. The van der Waals surface area contributed by atoms with Crippen molar-refractivity contribution in [2.24, 2.45) is 5.18 Å². The third-order valence-electron chi connectivity index (χ3n) is 1.20. The van der Waals surface area contributed by atoms with Gasteiger partial charge in [0, 0.05) is 0 Å². The predicted molar refractivity (Wildman–Crippen MR) is 33.0 cm³/mol. The van der Waals surface area contributed by atoms with Gasteiger partial charge in [0.25, 0.3) is 0 Å². The first-order valence-corrected chi connectivity index (χ1v) is 2.91. The second-order valence-electron chi connectivity index (χ2n) is 1.78. The van der Waals surface area contributed by atoms with Crippen LogP contribution in [0.3, 0.4) is 0 Å². The smallest absolute Gasteiger partial charge is 0.115 e. The minimum absolute atomic E-state index is 0.160. The molecule has 0 aromatic rings. The quantitative estimate of drug-likeness (QED) is 0.303. The molecule has 0 aromatic heterocycles. The van der Waals surface area contributed by atoms with E-state index < -0.39 is 0 Å². The molecule has 0 amide bonds. The molecule has 0 N–H and O–H groups in total. The fourth-order valence-corrected chi connectivity index (χ4v) is 0.959. The van der Waals surface area contributed by atoms with Crippen LogP contribution in [0, 0.1) is 4.91 Å². The van der Waals surface area contributed by atoms with Crippen LogP contribution in [-0.2, 0) is 0 Å². The zero-order valence-corrected chi connectivity index (χ0v) is 5.01. The van der Waals surface area contributed by atoms with Gasteiger partial charge in [-0.05, 0) is 6.42 Å². The summed E-state index contributed by atoms with van der Waals surface area (Å²) in [5.74, 6) is 0. The van der Waals surface area contributed by atoms with Crippen LogP contribution in [0.5, 0.6) is 0 Å². The molecule has 0 aliphatic heterocycles. The van der Waals surface area contributed by atoms with Gasteiger partial charge in [0.05, 0.1) is 5.38 Å². The van der Waals surface area contributed by atoms with Gasteiger partial charge in [0.15, 0.2) is 0 Å². The molecule has 1 aliphatic rings. The minimum atomic E-state index is -0.211. The Bertz CT molecular complexity index is 124. The Kier molecular flexibility index (Phi) is 1.63. The van der Waals surface area contributed by atoms with Crippen molar-refractivity contribution < 1.29 is 0 Å². The Labute approximate surface area is 52.5 Å². The highest BCUT2D eigenvalue weighted by atomic mass is 35.5. The first kappa shape index (κ1) is 5.76. The molecule has 2 nitrogen and oxygen atoms in total. The lowest BCUT2D eigenvalue weighted by Crippen LogP contribution is -2.09. The molecule has 1 aliphatic carbocycles. The zero-order valence-electron chi connectivity index (χ0n) is 4.25. The third kappa shape index (κ3) is 0.892. The summed E-state index contributed by atoms with van der Waals surface area (Å²) in [7, 11) is 0. The van der Waals surface area contributed by atoms with E-state index >= 15 is 0 Å². The Morgan fingerprint density at radius 1 is 1.75 bits per heavy atom. The molecule has 0 radical (unpaired) electrons. The summed E-state index contributed by atoms with van der Waals surface area (Å²) >= 11 is 5.60. The molecular formula is C5H6ClNO. The number of nitrogens with zero attached hydrogens (tertiary/aromatic N) is 1. The summed E-state index contributed by atoms with van der Waals surface area (Å²) in [4.78, 5) is 9.84. The fourth-order valence-electron chi connectivity index (χ4n) is 0.707. The van der Waals surface area contributed by atoms with E-state index in [9.17, 15) is 4.91 Å². The maximum absolute atomic E-state index is 9.84. The topological polar surface area (TPSA) is 29.4 Å². The van der Waals surface area contributed by atoms with Crippen molar-refractivity contribution in [2.45, 2.75) is 17.8 Å². The van der Waals surface area contributed by atoms with Crippen LogP contribution in [0.25, 0.3) is 0 Å². The monoisotopic (exact) mass is 131 g/mol. The van der Waals surface area contributed by atoms with E-state index in [1.165, 1.54) is 0 Å². The number of rotatable bonds is 1. The molecule has 0 aromatic carbocycles. The normalized spacial score (nSPS) is 35.6. The van der Waals surface area contributed by atoms with Crippen molar-refractivity contribution in [3.05, 3.63) is 17.1 Å². The molecule has 0 spiro atoms. The van der Waals surface area contributed by atoms with E-state index in [1.807, 2.05) is 6.08 Å². The van der Waals surface area contributed by atoms with Gasteiger partial charge in [-0.2, -0.15) is 4.91 Å². The number of nitroso groups, excluding NO2 is 1. The summed E-state index contributed by atoms with van der Waals surface area (Å²) in [6.07, 6.45) is 4.38. The highest BCUT2D eigenvalue weighted by Crippen LogP contribution is 2.18. The Hall–Kier alpha value is -0.370. The number of hydrogen-bond donors (Lipinski definition) is 0. The molecule has 0 saturated heterocycles.